The summed E-state index contributed by atoms with van der Waals surface area (Å²) in [6, 6.07) is 2.90. The summed E-state index contributed by atoms with van der Waals surface area (Å²) in [6.45, 7) is 1.87. The number of aliphatic hydroxyl groups is 1. The molecule has 2 aromatic heterocycles. The zero-order valence-corrected chi connectivity index (χ0v) is 13.7. The van der Waals surface area contributed by atoms with Crippen LogP contribution in [0.5, 0.6) is 11.5 Å². The lowest BCUT2D eigenvalue weighted by atomic mass is 10.1. The second-order valence-corrected chi connectivity index (χ2v) is 5.35. The molecule has 0 aliphatic carbocycles. The summed E-state index contributed by atoms with van der Waals surface area (Å²) >= 11 is 0. The summed E-state index contributed by atoms with van der Waals surface area (Å²) in [4.78, 5) is 12.0. The topological polar surface area (TPSA) is 94.1 Å². The third kappa shape index (κ3) is 2.46. The van der Waals surface area contributed by atoms with Gasteiger partial charge in [-0.05, 0) is 12.5 Å². The summed E-state index contributed by atoms with van der Waals surface area (Å²) in [7, 11) is 3.01. The summed E-state index contributed by atoms with van der Waals surface area (Å²) in [5.74, 6) is 0.831. The number of anilines is 1. The van der Waals surface area contributed by atoms with Crippen molar-refractivity contribution in [1.29, 1.82) is 0 Å². The van der Waals surface area contributed by atoms with Gasteiger partial charge in [-0.1, -0.05) is 6.92 Å². The molecular weight excluding hydrogens is 314 g/mol. The summed E-state index contributed by atoms with van der Waals surface area (Å²) in [6.07, 6.45) is 2.20. The van der Waals surface area contributed by atoms with Crippen LogP contribution in [0.15, 0.2) is 32.0 Å². The van der Waals surface area contributed by atoms with E-state index in [9.17, 15) is 9.90 Å². The van der Waals surface area contributed by atoms with Crippen molar-refractivity contribution in [3.63, 3.8) is 0 Å². The van der Waals surface area contributed by atoms with E-state index in [1.165, 1.54) is 26.5 Å². The number of furan rings is 1. The molecule has 1 unspecified atom stereocenters. The Bertz CT molecular complexity index is 922. The fourth-order valence-corrected chi connectivity index (χ4v) is 2.79. The van der Waals surface area contributed by atoms with Gasteiger partial charge in [0, 0.05) is 12.1 Å². The van der Waals surface area contributed by atoms with Crippen molar-refractivity contribution in [2.24, 2.45) is 0 Å². The zero-order chi connectivity index (χ0) is 17.3. The summed E-state index contributed by atoms with van der Waals surface area (Å²) in [5, 5.41) is 13.9. The Morgan fingerprint density at radius 2 is 2.00 bits per heavy atom. The van der Waals surface area contributed by atoms with Gasteiger partial charge in [0.15, 0.2) is 11.2 Å². The van der Waals surface area contributed by atoms with E-state index in [-0.39, 0.29) is 18.2 Å². The molecule has 128 valence electrons. The zero-order valence-electron chi connectivity index (χ0n) is 13.7. The molecule has 0 radical (unpaired) electrons. The molecule has 2 N–H and O–H groups in total. The second-order valence-electron chi connectivity index (χ2n) is 5.35. The lowest BCUT2D eigenvalue weighted by Gasteiger charge is -2.18. The molecule has 3 aromatic rings. The van der Waals surface area contributed by atoms with Crippen LogP contribution < -0.4 is 20.4 Å². The number of aliphatic hydroxyl groups excluding tert-OH is 1. The van der Waals surface area contributed by atoms with E-state index in [0.29, 0.717) is 40.0 Å². The highest BCUT2D eigenvalue weighted by Crippen LogP contribution is 2.45. The number of ether oxygens (including phenoxy) is 2. The number of nitrogens with one attached hydrogen (secondary N) is 1. The van der Waals surface area contributed by atoms with Gasteiger partial charge in [0.2, 0.25) is 5.75 Å². The van der Waals surface area contributed by atoms with Gasteiger partial charge in [-0.2, -0.15) is 0 Å². The first-order valence-electron chi connectivity index (χ1n) is 7.60. The van der Waals surface area contributed by atoms with Crippen LogP contribution in [-0.4, -0.2) is 32.0 Å². The van der Waals surface area contributed by atoms with Crippen molar-refractivity contribution in [2.45, 2.75) is 19.4 Å². The monoisotopic (exact) mass is 333 g/mol. The van der Waals surface area contributed by atoms with Gasteiger partial charge in [-0.25, -0.2) is 4.79 Å². The number of benzene rings is 1. The largest absolute Gasteiger partial charge is 0.495 e. The number of methoxy groups -OCH3 is 2. The maximum atomic E-state index is 12.0. The van der Waals surface area contributed by atoms with Gasteiger partial charge in [-0.3, -0.25) is 0 Å². The van der Waals surface area contributed by atoms with E-state index in [1.807, 2.05) is 6.92 Å². The molecule has 1 atom stereocenters. The van der Waals surface area contributed by atoms with Crippen molar-refractivity contribution in [3.05, 3.63) is 28.8 Å². The minimum atomic E-state index is -0.538. The van der Waals surface area contributed by atoms with Crippen molar-refractivity contribution in [1.82, 2.24) is 0 Å². The average Bonchev–Trinajstić information content (AvgIpc) is 3.06. The summed E-state index contributed by atoms with van der Waals surface area (Å²) < 4.78 is 21.8. The molecule has 0 fully saturated rings. The van der Waals surface area contributed by atoms with Crippen LogP contribution >= 0.6 is 0 Å². The predicted octanol–water partition coefficient (Wildman–Crippen LogP) is 2.74. The van der Waals surface area contributed by atoms with Gasteiger partial charge in [0.25, 0.3) is 0 Å². The van der Waals surface area contributed by atoms with Crippen LogP contribution in [0.25, 0.3) is 21.9 Å². The molecule has 7 nitrogen and oxygen atoms in total. The lowest BCUT2D eigenvalue weighted by Crippen LogP contribution is -2.23. The van der Waals surface area contributed by atoms with Crippen molar-refractivity contribution >= 4 is 27.6 Å². The Balaban J connectivity index is 2.42. The number of rotatable bonds is 6. The number of hydrogen-bond donors (Lipinski definition) is 2. The fourth-order valence-electron chi connectivity index (χ4n) is 2.79. The van der Waals surface area contributed by atoms with Crippen LogP contribution in [0.2, 0.25) is 0 Å². The fraction of sp³-hybridized carbons (Fsp3) is 0.353. The maximum Gasteiger partial charge on any atom is 0.338 e. The smallest absolute Gasteiger partial charge is 0.338 e. The Morgan fingerprint density at radius 3 is 2.62 bits per heavy atom. The predicted molar refractivity (Wildman–Crippen MR) is 90.1 cm³/mol. The first kappa shape index (κ1) is 16.2. The third-order valence-corrected chi connectivity index (χ3v) is 3.99. The first-order chi connectivity index (χ1) is 11.6. The molecule has 2 heterocycles. The molecule has 0 aliphatic heterocycles. The van der Waals surface area contributed by atoms with E-state index in [1.54, 1.807) is 6.07 Å². The Labute approximate surface area is 137 Å². The number of fused-ring (bicyclic) bond motifs is 2. The lowest BCUT2D eigenvalue weighted by molar-refractivity contribution is 0.272. The van der Waals surface area contributed by atoms with Crippen LogP contribution in [0.1, 0.15) is 13.3 Å². The highest BCUT2D eigenvalue weighted by Gasteiger charge is 2.23. The average molecular weight is 333 g/mol. The molecule has 0 saturated heterocycles. The highest BCUT2D eigenvalue weighted by atomic mass is 16.5. The van der Waals surface area contributed by atoms with Crippen LogP contribution in [0.4, 0.5) is 5.69 Å². The third-order valence-electron chi connectivity index (χ3n) is 3.99. The van der Waals surface area contributed by atoms with Crippen LogP contribution in [0.3, 0.4) is 0 Å². The minimum Gasteiger partial charge on any atom is -0.495 e. The molecular formula is C17H19NO6. The standard InChI is InChI=1S/C17H19NO6/c1-4-9(8-19)18-11-7-12(20)24-16-13(11)14(21-2)10-5-6-23-15(10)17(16)22-3/h5-7,9,18-19H,4,8H2,1-3H3. The van der Waals surface area contributed by atoms with Crippen LogP contribution in [-0.2, 0) is 0 Å². The molecule has 3 rings (SSSR count). The molecule has 0 saturated carbocycles. The molecule has 1 aromatic carbocycles. The Morgan fingerprint density at radius 1 is 1.25 bits per heavy atom. The van der Waals surface area contributed by atoms with Gasteiger partial charge < -0.3 is 28.7 Å². The molecule has 0 aliphatic rings. The SMILES string of the molecule is CCC(CO)Nc1cc(=O)oc2c(OC)c3occc3c(OC)c12. The maximum absolute atomic E-state index is 12.0. The van der Waals surface area contributed by atoms with Gasteiger partial charge in [0.05, 0.1) is 43.5 Å². The second kappa shape index (κ2) is 6.45. The molecule has 7 heteroatoms. The quantitative estimate of drug-likeness (QED) is 0.670. The van der Waals surface area contributed by atoms with Gasteiger partial charge in [0.1, 0.15) is 5.75 Å². The molecule has 24 heavy (non-hydrogen) atoms. The van der Waals surface area contributed by atoms with Gasteiger partial charge in [-0.15, -0.1) is 0 Å². The molecule has 0 amide bonds. The van der Waals surface area contributed by atoms with E-state index in [0.717, 1.165) is 0 Å². The van der Waals surface area contributed by atoms with Crippen molar-refractivity contribution in [3.8, 4) is 11.5 Å². The van der Waals surface area contributed by atoms with Crippen molar-refractivity contribution < 1.29 is 23.4 Å². The van der Waals surface area contributed by atoms with E-state index < -0.39 is 5.63 Å². The van der Waals surface area contributed by atoms with E-state index in [2.05, 4.69) is 5.32 Å². The molecule has 0 spiro atoms. The first-order valence-corrected chi connectivity index (χ1v) is 7.60. The summed E-state index contributed by atoms with van der Waals surface area (Å²) in [5.41, 5.74) is 0.653. The van der Waals surface area contributed by atoms with Crippen molar-refractivity contribution in [2.75, 3.05) is 26.1 Å². The Hall–Kier alpha value is -2.67. The van der Waals surface area contributed by atoms with Gasteiger partial charge >= 0.3 is 5.63 Å². The van der Waals surface area contributed by atoms with Crippen LogP contribution in [0, 0.1) is 0 Å². The normalized spacial score (nSPS) is 12.5. The highest BCUT2D eigenvalue weighted by molar-refractivity contribution is 6.11. The Kier molecular flexibility index (Phi) is 4.35. The van der Waals surface area contributed by atoms with E-state index >= 15 is 0 Å². The number of hydrogen-bond acceptors (Lipinski definition) is 7. The molecule has 0 bridgehead atoms. The minimum absolute atomic E-state index is 0.0639. The van der Waals surface area contributed by atoms with E-state index in [4.69, 9.17) is 18.3 Å².